The number of hydrogen-bond donors (Lipinski definition) is 3. The quantitative estimate of drug-likeness (QED) is 0.683. The summed E-state index contributed by atoms with van der Waals surface area (Å²) in [6, 6.07) is 4.53. The van der Waals surface area contributed by atoms with Crippen LogP contribution in [0.3, 0.4) is 0 Å². The Morgan fingerprint density at radius 3 is 2.52 bits per heavy atom. The van der Waals surface area contributed by atoms with E-state index in [1.165, 1.54) is 0 Å². The van der Waals surface area contributed by atoms with Gasteiger partial charge in [-0.25, -0.2) is 0 Å². The SMILES string of the molecule is COc1ccc(Cl)cc1CNC(=O)CNC(=O)[C@@H](N)C(C)C.Cl. The van der Waals surface area contributed by atoms with Gasteiger partial charge in [0.05, 0.1) is 19.7 Å². The van der Waals surface area contributed by atoms with Gasteiger partial charge in [0.2, 0.25) is 11.8 Å². The summed E-state index contributed by atoms with van der Waals surface area (Å²) in [4.78, 5) is 23.4. The van der Waals surface area contributed by atoms with Crippen molar-refractivity contribution < 1.29 is 14.3 Å². The zero-order valence-electron chi connectivity index (χ0n) is 13.4. The second-order valence-corrected chi connectivity index (χ2v) is 5.66. The van der Waals surface area contributed by atoms with Crippen LogP contribution in [-0.4, -0.2) is 31.5 Å². The minimum absolute atomic E-state index is 0. The van der Waals surface area contributed by atoms with Gasteiger partial charge in [-0.15, -0.1) is 12.4 Å². The Bertz CT molecular complexity index is 539. The Morgan fingerprint density at radius 2 is 1.96 bits per heavy atom. The van der Waals surface area contributed by atoms with Crippen molar-refractivity contribution in [2.45, 2.75) is 26.4 Å². The summed E-state index contributed by atoms with van der Waals surface area (Å²) in [5.41, 5.74) is 6.45. The lowest BCUT2D eigenvalue weighted by atomic mass is 10.1. The van der Waals surface area contributed by atoms with E-state index in [4.69, 9.17) is 22.1 Å². The van der Waals surface area contributed by atoms with Gasteiger partial charge in [0.15, 0.2) is 0 Å². The van der Waals surface area contributed by atoms with Crippen LogP contribution in [0.5, 0.6) is 5.75 Å². The lowest BCUT2D eigenvalue weighted by Gasteiger charge is -2.15. The molecule has 0 aliphatic heterocycles. The first-order valence-corrected chi connectivity index (χ1v) is 7.35. The van der Waals surface area contributed by atoms with Crippen LogP contribution in [0.4, 0.5) is 0 Å². The third-order valence-corrected chi connectivity index (χ3v) is 3.40. The minimum atomic E-state index is -0.624. The van der Waals surface area contributed by atoms with Crippen molar-refractivity contribution in [2.24, 2.45) is 11.7 Å². The molecule has 0 aliphatic rings. The summed E-state index contributed by atoms with van der Waals surface area (Å²) in [5, 5.41) is 5.75. The van der Waals surface area contributed by atoms with E-state index in [1.54, 1.807) is 25.3 Å². The van der Waals surface area contributed by atoms with Crippen LogP contribution in [0.2, 0.25) is 5.02 Å². The largest absolute Gasteiger partial charge is 0.496 e. The lowest BCUT2D eigenvalue weighted by Crippen LogP contribution is -2.47. The van der Waals surface area contributed by atoms with Crippen LogP contribution in [0.25, 0.3) is 0 Å². The Kier molecular flexibility index (Phi) is 9.64. The molecule has 0 aromatic heterocycles. The van der Waals surface area contributed by atoms with Crippen molar-refractivity contribution in [2.75, 3.05) is 13.7 Å². The molecule has 0 saturated carbocycles. The molecule has 2 amide bonds. The predicted octanol–water partition coefficient (Wildman–Crippen LogP) is 1.49. The molecule has 0 spiro atoms. The van der Waals surface area contributed by atoms with Gasteiger partial charge >= 0.3 is 0 Å². The monoisotopic (exact) mass is 363 g/mol. The highest BCUT2D eigenvalue weighted by atomic mass is 35.5. The fourth-order valence-electron chi connectivity index (χ4n) is 1.73. The van der Waals surface area contributed by atoms with Gasteiger partial charge in [-0.2, -0.15) is 0 Å². The summed E-state index contributed by atoms with van der Waals surface area (Å²) >= 11 is 5.92. The first-order chi connectivity index (χ1) is 10.3. The normalized spacial score (nSPS) is 11.4. The van der Waals surface area contributed by atoms with E-state index in [0.29, 0.717) is 10.8 Å². The molecule has 0 saturated heterocycles. The molecule has 4 N–H and O–H groups in total. The molecule has 1 atom stereocenters. The van der Waals surface area contributed by atoms with Crippen LogP contribution in [0.15, 0.2) is 18.2 Å². The molecular formula is C15H23Cl2N3O3. The van der Waals surface area contributed by atoms with Crippen molar-refractivity contribution in [3.05, 3.63) is 28.8 Å². The third-order valence-electron chi connectivity index (χ3n) is 3.16. The predicted molar refractivity (Wildman–Crippen MR) is 92.9 cm³/mol. The smallest absolute Gasteiger partial charge is 0.239 e. The number of hydrogen-bond acceptors (Lipinski definition) is 4. The highest BCUT2D eigenvalue weighted by Crippen LogP contribution is 2.22. The number of ether oxygens (including phenoxy) is 1. The van der Waals surface area contributed by atoms with Gasteiger partial charge < -0.3 is 21.1 Å². The molecule has 0 radical (unpaired) electrons. The summed E-state index contributed by atoms with van der Waals surface area (Å²) in [7, 11) is 1.54. The molecule has 0 fully saturated rings. The van der Waals surface area contributed by atoms with Gasteiger partial charge in [-0.05, 0) is 24.1 Å². The molecule has 8 heteroatoms. The summed E-state index contributed by atoms with van der Waals surface area (Å²) in [6.07, 6.45) is 0. The highest BCUT2D eigenvalue weighted by molar-refractivity contribution is 6.30. The van der Waals surface area contributed by atoms with Gasteiger partial charge in [0.25, 0.3) is 0 Å². The van der Waals surface area contributed by atoms with E-state index in [0.717, 1.165) is 5.56 Å². The molecule has 130 valence electrons. The second kappa shape index (κ2) is 10.3. The summed E-state index contributed by atoms with van der Waals surface area (Å²) in [6.45, 7) is 3.82. The first-order valence-electron chi connectivity index (χ1n) is 6.97. The van der Waals surface area contributed by atoms with Crippen molar-refractivity contribution in [1.29, 1.82) is 0 Å². The summed E-state index contributed by atoms with van der Waals surface area (Å²) < 4.78 is 5.19. The molecule has 0 unspecified atom stereocenters. The topological polar surface area (TPSA) is 93.5 Å². The fourth-order valence-corrected chi connectivity index (χ4v) is 1.92. The van der Waals surface area contributed by atoms with Crippen molar-refractivity contribution in [3.8, 4) is 5.75 Å². The van der Waals surface area contributed by atoms with Gasteiger partial charge in [-0.3, -0.25) is 9.59 Å². The van der Waals surface area contributed by atoms with E-state index in [9.17, 15) is 9.59 Å². The van der Waals surface area contributed by atoms with Gasteiger partial charge in [0, 0.05) is 17.1 Å². The molecule has 0 heterocycles. The van der Waals surface area contributed by atoms with Crippen molar-refractivity contribution in [3.63, 3.8) is 0 Å². The number of amides is 2. The van der Waals surface area contributed by atoms with Crippen molar-refractivity contribution in [1.82, 2.24) is 10.6 Å². The van der Waals surface area contributed by atoms with Crippen molar-refractivity contribution >= 4 is 35.8 Å². The number of carbonyl (C=O) groups is 2. The van der Waals surface area contributed by atoms with E-state index < -0.39 is 6.04 Å². The number of benzene rings is 1. The van der Waals surface area contributed by atoms with Gasteiger partial charge in [0.1, 0.15) is 5.75 Å². The molecule has 1 rings (SSSR count). The lowest BCUT2D eigenvalue weighted by molar-refractivity contribution is -0.127. The number of methoxy groups -OCH3 is 1. The molecule has 1 aromatic carbocycles. The van der Waals surface area contributed by atoms with E-state index >= 15 is 0 Å². The van der Waals surface area contributed by atoms with Crippen LogP contribution >= 0.6 is 24.0 Å². The van der Waals surface area contributed by atoms with Crippen LogP contribution in [-0.2, 0) is 16.1 Å². The molecule has 0 aliphatic carbocycles. The van der Waals surface area contributed by atoms with Crippen LogP contribution in [0, 0.1) is 5.92 Å². The number of nitrogens with one attached hydrogen (secondary N) is 2. The zero-order valence-corrected chi connectivity index (χ0v) is 15.0. The Balaban J connectivity index is 0.00000484. The summed E-state index contributed by atoms with van der Waals surface area (Å²) in [5.74, 6) is -0.00818. The third kappa shape index (κ3) is 7.07. The number of halogens is 2. The van der Waals surface area contributed by atoms with E-state index in [2.05, 4.69) is 10.6 Å². The van der Waals surface area contributed by atoms with Gasteiger partial charge in [-0.1, -0.05) is 25.4 Å². The maximum absolute atomic E-state index is 11.8. The number of carbonyl (C=O) groups excluding carboxylic acids is 2. The fraction of sp³-hybridized carbons (Fsp3) is 0.467. The highest BCUT2D eigenvalue weighted by Gasteiger charge is 2.17. The molecule has 0 bridgehead atoms. The average molecular weight is 364 g/mol. The molecule has 23 heavy (non-hydrogen) atoms. The average Bonchev–Trinajstić information content (AvgIpc) is 2.49. The Hall–Kier alpha value is -1.50. The maximum Gasteiger partial charge on any atom is 0.239 e. The number of rotatable bonds is 7. The van der Waals surface area contributed by atoms with E-state index in [-0.39, 0.29) is 43.2 Å². The molecular weight excluding hydrogens is 341 g/mol. The second-order valence-electron chi connectivity index (χ2n) is 5.22. The van der Waals surface area contributed by atoms with Crippen LogP contribution < -0.4 is 21.1 Å². The minimum Gasteiger partial charge on any atom is -0.496 e. The number of nitrogens with two attached hydrogens (primary N) is 1. The zero-order chi connectivity index (χ0) is 16.7. The molecule has 1 aromatic rings. The Morgan fingerprint density at radius 1 is 1.30 bits per heavy atom. The Labute approximate surface area is 147 Å². The standard InChI is InChI=1S/C15H22ClN3O3.ClH/c1-9(2)14(17)15(21)19-8-13(20)18-7-10-6-11(16)4-5-12(10)22-3;/h4-6,9,14H,7-8,17H2,1-3H3,(H,18,20)(H,19,21);1H/t14-;/m0./s1. The first kappa shape index (κ1) is 21.5. The van der Waals surface area contributed by atoms with Crippen LogP contribution in [0.1, 0.15) is 19.4 Å². The molecule has 6 nitrogen and oxygen atoms in total. The van der Waals surface area contributed by atoms with E-state index in [1.807, 2.05) is 13.8 Å². The maximum atomic E-state index is 11.8.